The molecule has 0 aliphatic carbocycles. The molecule has 2 nitrogen and oxygen atoms in total. The second-order valence-corrected chi connectivity index (χ2v) is 4.03. The molecule has 0 aromatic heterocycles. The molecule has 0 rings (SSSR count). The molecule has 16 heavy (non-hydrogen) atoms. The van der Waals surface area contributed by atoms with Gasteiger partial charge < -0.3 is 9.84 Å². The number of allylic oxidation sites excluding steroid dienone is 7. The van der Waals surface area contributed by atoms with Gasteiger partial charge in [0.2, 0.25) is 0 Å². The van der Waals surface area contributed by atoms with E-state index in [2.05, 4.69) is 0 Å². The van der Waals surface area contributed by atoms with Crippen molar-refractivity contribution in [2.45, 2.75) is 41.5 Å². The highest BCUT2D eigenvalue weighted by molar-refractivity contribution is 5.27. The van der Waals surface area contributed by atoms with Crippen molar-refractivity contribution in [3.63, 3.8) is 0 Å². The number of aliphatic hydroxyl groups is 1. The van der Waals surface area contributed by atoms with E-state index in [0.29, 0.717) is 5.76 Å². The summed E-state index contributed by atoms with van der Waals surface area (Å²) in [7, 11) is 0. The van der Waals surface area contributed by atoms with Crippen LogP contribution in [-0.4, -0.2) is 5.11 Å². The number of hydrogen-bond donors (Lipinski definition) is 1. The van der Waals surface area contributed by atoms with E-state index in [1.807, 2.05) is 59.8 Å². The van der Waals surface area contributed by atoms with Gasteiger partial charge in [-0.1, -0.05) is 17.7 Å². The molecular weight excluding hydrogens is 200 g/mol. The highest BCUT2D eigenvalue weighted by Gasteiger charge is 2.03. The second-order valence-electron chi connectivity index (χ2n) is 4.03. The quantitative estimate of drug-likeness (QED) is 0.555. The Labute approximate surface area is 98.6 Å². The Hall–Kier alpha value is -1.44. The third-order valence-electron chi connectivity index (χ3n) is 2.25. The summed E-state index contributed by atoms with van der Waals surface area (Å²) >= 11 is 0. The minimum atomic E-state index is -0.0356. The molecule has 0 bridgehead atoms. The number of hydrogen-bond acceptors (Lipinski definition) is 2. The lowest BCUT2D eigenvalue weighted by molar-refractivity contribution is 0.143. The van der Waals surface area contributed by atoms with Crippen molar-refractivity contribution in [1.82, 2.24) is 0 Å². The average Bonchev–Trinajstić information content (AvgIpc) is 2.24. The van der Waals surface area contributed by atoms with Crippen molar-refractivity contribution in [2.75, 3.05) is 0 Å². The molecule has 90 valence electrons. The van der Waals surface area contributed by atoms with Crippen LogP contribution in [0.5, 0.6) is 0 Å². The van der Waals surface area contributed by atoms with Crippen LogP contribution < -0.4 is 0 Å². The highest BCUT2D eigenvalue weighted by atomic mass is 16.6. The smallest absolute Gasteiger partial charge is 0.285 e. The second kappa shape index (κ2) is 6.94. The zero-order valence-corrected chi connectivity index (χ0v) is 11.1. The van der Waals surface area contributed by atoms with Crippen LogP contribution in [-0.2, 0) is 4.74 Å². The summed E-state index contributed by atoms with van der Waals surface area (Å²) in [6.07, 6.45) is 5.72. The van der Waals surface area contributed by atoms with Gasteiger partial charge >= 0.3 is 0 Å². The van der Waals surface area contributed by atoms with E-state index in [1.54, 1.807) is 0 Å². The van der Waals surface area contributed by atoms with Crippen LogP contribution in [0.15, 0.2) is 46.7 Å². The molecule has 0 aliphatic rings. The number of ether oxygens (including phenoxy) is 1. The molecule has 0 amide bonds. The van der Waals surface area contributed by atoms with Gasteiger partial charge in [0.25, 0.3) is 5.95 Å². The molecule has 0 spiro atoms. The maximum Gasteiger partial charge on any atom is 0.285 e. The summed E-state index contributed by atoms with van der Waals surface area (Å²) in [6, 6.07) is 0. The summed E-state index contributed by atoms with van der Waals surface area (Å²) in [6.45, 7) is 11.5. The van der Waals surface area contributed by atoms with Crippen LogP contribution >= 0.6 is 0 Å². The van der Waals surface area contributed by atoms with Crippen molar-refractivity contribution in [3.8, 4) is 0 Å². The molecule has 1 N–H and O–H groups in total. The lowest BCUT2D eigenvalue weighted by Gasteiger charge is -2.08. The molecular formula is C14H22O2. The average molecular weight is 222 g/mol. The van der Waals surface area contributed by atoms with E-state index >= 15 is 0 Å². The molecule has 0 unspecified atom stereocenters. The number of aliphatic hydroxyl groups excluding tert-OH is 1. The van der Waals surface area contributed by atoms with Crippen LogP contribution in [0.4, 0.5) is 0 Å². The molecule has 0 saturated carbocycles. The van der Waals surface area contributed by atoms with Crippen molar-refractivity contribution < 1.29 is 9.84 Å². The summed E-state index contributed by atoms with van der Waals surface area (Å²) in [5.74, 6) is 0.633. The van der Waals surface area contributed by atoms with Gasteiger partial charge in [0.05, 0.1) is 0 Å². The Bertz CT molecular complexity index is 351. The fourth-order valence-corrected chi connectivity index (χ4v) is 0.932. The summed E-state index contributed by atoms with van der Waals surface area (Å²) < 4.78 is 5.30. The third kappa shape index (κ3) is 5.44. The van der Waals surface area contributed by atoms with Gasteiger partial charge in [-0.15, -0.1) is 0 Å². The van der Waals surface area contributed by atoms with Crippen molar-refractivity contribution in [3.05, 3.63) is 46.7 Å². The summed E-state index contributed by atoms with van der Waals surface area (Å²) in [5, 5.41) is 9.71. The minimum absolute atomic E-state index is 0.0356. The van der Waals surface area contributed by atoms with Crippen LogP contribution in [0.3, 0.4) is 0 Å². The largest absolute Gasteiger partial charge is 0.481 e. The first-order chi connectivity index (χ1) is 7.38. The third-order valence-corrected chi connectivity index (χ3v) is 2.25. The number of rotatable bonds is 4. The van der Waals surface area contributed by atoms with Crippen LogP contribution in [0.2, 0.25) is 0 Å². The Morgan fingerprint density at radius 2 is 1.56 bits per heavy atom. The fourth-order valence-electron chi connectivity index (χ4n) is 0.932. The van der Waals surface area contributed by atoms with E-state index in [4.69, 9.17) is 4.74 Å². The first-order valence-electron chi connectivity index (χ1n) is 5.41. The predicted octanol–water partition coefficient (Wildman–Crippen LogP) is 4.63. The molecule has 0 heterocycles. The molecule has 2 heteroatoms. The van der Waals surface area contributed by atoms with E-state index in [1.165, 1.54) is 5.57 Å². The maximum atomic E-state index is 9.71. The van der Waals surface area contributed by atoms with E-state index in [-0.39, 0.29) is 5.95 Å². The van der Waals surface area contributed by atoms with Gasteiger partial charge in [-0.05, 0) is 53.2 Å². The topological polar surface area (TPSA) is 29.5 Å². The van der Waals surface area contributed by atoms with Crippen LogP contribution in [0.25, 0.3) is 0 Å². The summed E-state index contributed by atoms with van der Waals surface area (Å²) in [4.78, 5) is 0. The molecule has 0 radical (unpaired) electrons. The molecule has 0 aromatic rings. The van der Waals surface area contributed by atoms with Gasteiger partial charge in [-0.25, -0.2) is 0 Å². The van der Waals surface area contributed by atoms with Crippen LogP contribution in [0.1, 0.15) is 41.5 Å². The minimum Gasteiger partial charge on any atom is -0.481 e. The van der Waals surface area contributed by atoms with E-state index in [9.17, 15) is 5.11 Å². The molecule has 0 fully saturated rings. The van der Waals surface area contributed by atoms with Crippen molar-refractivity contribution in [2.24, 2.45) is 0 Å². The first-order valence-corrected chi connectivity index (χ1v) is 5.41. The van der Waals surface area contributed by atoms with E-state index < -0.39 is 0 Å². The standard InChI is InChI=1S/C14H22O2/c1-7-11(4)13(6)14(15)16-12(5)9-8-10(2)3/h7-9,15H,1-6H3. The van der Waals surface area contributed by atoms with Gasteiger partial charge in [0.1, 0.15) is 5.76 Å². The Balaban J connectivity index is 4.75. The maximum absolute atomic E-state index is 9.71. The van der Waals surface area contributed by atoms with Gasteiger partial charge in [-0.2, -0.15) is 0 Å². The van der Waals surface area contributed by atoms with Crippen molar-refractivity contribution in [1.29, 1.82) is 0 Å². The zero-order valence-electron chi connectivity index (χ0n) is 11.1. The lowest BCUT2D eigenvalue weighted by atomic mass is 10.1. The first kappa shape index (κ1) is 14.6. The Kier molecular flexibility index (Phi) is 6.31. The molecule has 0 aliphatic heterocycles. The SMILES string of the molecule is CC=C(C)C(C)=C(O)OC(C)=CC=C(C)C. The summed E-state index contributed by atoms with van der Waals surface area (Å²) in [5.41, 5.74) is 2.95. The Morgan fingerprint density at radius 3 is 2.00 bits per heavy atom. The zero-order chi connectivity index (χ0) is 12.7. The lowest BCUT2D eigenvalue weighted by Crippen LogP contribution is -1.94. The predicted molar refractivity (Wildman–Crippen MR) is 69.0 cm³/mol. The molecule has 0 saturated heterocycles. The van der Waals surface area contributed by atoms with Gasteiger partial charge in [0, 0.05) is 5.57 Å². The van der Waals surface area contributed by atoms with E-state index in [0.717, 1.165) is 11.1 Å². The van der Waals surface area contributed by atoms with Gasteiger partial charge in [0.15, 0.2) is 0 Å². The van der Waals surface area contributed by atoms with Crippen LogP contribution in [0, 0.1) is 0 Å². The van der Waals surface area contributed by atoms with Crippen molar-refractivity contribution >= 4 is 0 Å². The Morgan fingerprint density at radius 1 is 1.00 bits per heavy atom. The molecule has 0 aromatic carbocycles. The normalized spacial score (nSPS) is 14.4. The fraction of sp³-hybridized carbons (Fsp3) is 0.429. The van der Waals surface area contributed by atoms with Gasteiger partial charge in [-0.3, -0.25) is 0 Å². The molecule has 0 atom stereocenters. The highest BCUT2D eigenvalue weighted by Crippen LogP contribution is 2.15. The monoisotopic (exact) mass is 222 g/mol.